The molecular formula is C29H24N4O4S. The van der Waals surface area contributed by atoms with Gasteiger partial charge in [-0.05, 0) is 47.5 Å². The van der Waals surface area contributed by atoms with Gasteiger partial charge in [-0.25, -0.2) is 8.42 Å². The van der Waals surface area contributed by atoms with Crippen molar-refractivity contribution in [3.63, 3.8) is 0 Å². The van der Waals surface area contributed by atoms with E-state index in [0.29, 0.717) is 28.6 Å². The van der Waals surface area contributed by atoms with Crippen LogP contribution in [0.25, 0.3) is 21.9 Å². The smallest absolute Gasteiger partial charge is 0.265 e. The Hall–Kier alpha value is -4.63. The lowest BCUT2D eigenvalue weighted by Crippen LogP contribution is -2.20. The van der Waals surface area contributed by atoms with E-state index in [2.05, 4.69) is 9.82 Å². The van der Waals surface area contributed by atoms with Crippen molar-refractivity contribution in [2.45, 2.75) is 11.4 Å². The standard InChI is InChI=1S/C29H24N4O4S/c1-32-25-13-12-24(31-38(35,36)27-11-7-6-10-26(27)37-2)22-14-20(15-23(28(22)25)29(32)34)21-16-30-33(18-21)17-19-8-4-3-5-9-19/h3-16,18,31H,17H2,1-2H3. The van der Waals surface area contributed by atoms with Gasteiger partial charge in [-0.2, -0.15) is 5.10 Å². The van der Waals surface area contributed by atoms with Gasteiger partial charge in [-0.3, -0.25) is 14.2 Å². The highest BCUT2D eigenvalue weighted by Crippen LogP contribution is 2.43. The van der Waals surface area contributed by atoms with Crippen molar-refractivity contribution >= 4 is 38.1 Å². The zero-order valence-electron chi connectivity index (χ0n) is 20.8. The first kappa shape index (κ1) is 23.7. The summed E-state index contributed by atoms with van der Waals surface area (Å²) in [7, 11) is -0.833. The SMILES string of the molecule is COc1ccccc1S(=O)(=O)Nc1ccc2c3c(cc(-c4cnn(Cc5ccccc5)c4)cc13)C(=O)N2C. The Labute approximate surface area is 220 Å². The molecular weight excluding hydrogens is 500 g/mol. The molecule has 0 unspecified atom stereocenters. The lowest BCUT2D eigenvalue weighted by atomic mass is 9.98. The van der Waals surface area contributed by atoms with E-state index in [-0.39, 0.29) is 16.6 Å². The summed E-state index contributed by atoms with van der Waals surface area (Å²) >= 11 is 0. The first-order valence-electron chi connectivity index (χ1n) is 12.0. The van der Waals surface area contributed by atoms with E-state index in [1.165, 1.54) is 13.2 Å². The van der Waals surface area contributed by atoms with Gasteiger partial charge in [0.15, 0.2) is 0 Å². The maximum Gasteiger partial charge on any atom is 0.265 e. The minimum atomic E-state index is -3.98. The number of nitrogens with one attached hydrogen (secondary N) is 1. The number of ether oxygens (including phenoxy) is 1. The van der Waals surface area contributed by atoms with Gasteiger partial charge in [0, 0.05) is 29.6 Å². The maximum atomic E-state index is 13.4. The van der Waals surface area contributed by atoms with Crippen LogP contribution < -0.4 is 14.4 Å². The summed E-state index contributed by atoms with van der Waals surface area (Å²) in [6, 6.07) is 23.6. The summed E-state index contributed by atoms with van der Waals surface area (Å²) in [6.07, 6.45) is 3.68. The number of para-hydroxylation sites is 1. The monoisotopic (exact) mass is 524 g/mol. The highest BCUT2D eigenvalue weighted by Gasteiger charge is 2.30. The van der Waals surface area contributed by atoms with Crippen molar-refractivity contribution in [1.29, 1.82) is 0 Å². The molecule has 0 radical (unpaired) electrons. The second-order valence-corrected chi connectivity index (χ2v) is 10.8. The normalized spacial score (nSPS) is 12.8. The molecule has 1 aromatic heterocycles. The Balaban J connectivity index is 1.46. The lowest BCUT2D eigenvalue weighted by molar-refractivity contribution is 0.0999. The Bertz CT molecular complexity index is 1810. The number of amides is 1. The van der Waals surface area contributed by atoms with E-state index in [4.69, 9.17) is 4.74 Å². The molecule has 0 atom stereocenters. The molecule has 9 heteroatoms. The first-order valence-corrected chi connectivity index (χ1v) is 13.5. The van der Waals surface area contributed by atoms with Crippen LogP contribution in [0.3, 0.4) is 0 Å². The van der Waals surface area contributed by atoms with Crippen LogP contribution in [0.15, 0.2) is 96.2 Å². The van der Waals surface area contributed by atoms with Crippen molar-refractivity contribution in [3.05, 3.63) is 102 Å². The third-order valence-corrected chi connectivity index (χ3v) is 8.15. The van der Waals surface area contributed by atoms with Crippen molar-refractivity contribution in [2.24, 2.45) is 0 Å². The molecule has 38 heavy (non-hydrogen) atoms. The van der Waals surface area contributed by atoms with Crippen LogP contribution in [0.4, 0.5) is 11.4 Å². The molecule has 0 saturated carbocycles. The number of hydrogen-bond donors (Lipinski definition) is 1. The second-order valence-electron chi connectivity index (χ2n) is 9.11. The molecule has 0 saturated heterocycles. The van der Waals surface area contributed by atoms with Crippen LogP contribution in [0.2, 0.25) is 0 Å². The molecule has 0 aliphatic carbocycles. The van der Waals surface area contributed by atoms with E-state index < -0.39 is 10.0 Å². The number of carbonyl (C=O) groups is 1. The molecule has 1 aliphatic heterocycles. The van der Waals surface area contributed by atoms with Gasteiger partial charge in [-0.1, -0.05) is 42.5 Å². The third-order valence-electron chi connectivity index (χ3n) is 6.75. The second kappa shape index (κ2) is 9.04. The number of nitrogens with zero attached hydrogens (tertiary/aromatic N) is 3. The van der Waals surface area contributed by atoms with E-state index in [9.17, 15) is 13.2 Å². The molecule has 1 amide bonds. The molecule has 5 aromatic rings. The topological polar surface area (TPSA) is 93.5 Å². The van der Waals surface area contributed by atoms with Gasteiger partial charge in [0.2, 0.25) is 0 Å². The summed E-state index contributed by atoms with van der Waals surface area (Å²) < 4.78 is 36.6. The Morgan fingerprint density at radius 3 is 2.50 bits per heavy atom. The van der Waals surface area contributed by atoms with Crippen LogP contribution in [0.1, 0.15) is 15.9 Å². The van der Waals surface area contributed by atoms with Crippen molar-refractivity contribution < 1.29 is 17.9 Å². The van der Waals surface area contributed by atoms with E-state index in [1.807, 2.05) is 53.3 Å². The molecule has 8 nitrogen and oxygen atoms in total. The Kier molecular flexibility index (Phi) is 5.65. The fourth-order valence-electron chi connectivity index (χ4n) is 4.87. The van der Waals surface area contributed by atoms with E-state index >= 15 is 0 Å². The Morgan fingerprint density at radius 1 is 0.947 bits per heavy atom. The average molecular weight is 525 g/mol. The summed E-state index contributed by atoms with van der Waals surface area (Å²) in [5.41, 5.74) is 4.33. The third kappa shape index (κ3) is 3.97. The number of methoxy groups -OCH3 is 1. The summed E-state index contributed by atoms with van der Waals surface area (Å²) in [5, 5.41) is 5.84. The minimum absolute atomic E-state index is 0.0290. The van der Waals surface area contributed by atoms with Crippen molar-refractivity contribution in [1.82, 2.24) is 9.78 Å². The summed E-state index contributed by atoms with van der Waals surface area (Å²) in [5.74, 6) is 0.0978. The highest BCUT2D eigenvalue weighted by molar-refractivity contribution is 7.92. The van der Waals surface area contributed by atoms with Crippen molar-refractivity contribution in [3.8, 4) is 16.9 Å². The molecule has 1 aliphatic rings. The van der Waals surface area contributed by atoms with Gasteiger partial charge >= 0.3 is 0 Å². The number of anilines is 2. The number of sulfonamides is 1. The van der Waals surface area contributed by atoms with Crippen LogP contribution >= 0.6 is 0 Å². The molecule has 4 aromatic carbocycles. The van der Waals surface area contributed by atoms with Gasteiger partial charge < -0.3 is 9.64 Å². The zero-order valence-corrected chi connectivity index (χ0v) is 21.6. The molecule has 6 rings (SSSR count). The van der Waals surface area contributed by atoms with Gasteiger partial charge in [0.05, 0.1) is 36.8 Å². The molecule has 1 N–H and O–H groups in total. The van der Waals surface area contributed by atoms with Gasteiger partial charge in [-0.15, -0.1) is 0 Å². The molecule has 0 fully saturated rings. The van der Waals surface area contributed by atoms with Crippen LogP contribution in [-0.4, -0.2) is 38.3 Å². The number of aromatic nitrogens is 2. The zero-order chi connectivity index (χ0) is 26.4. The molecule has 0 bridgehead atoms. The summed E-state index contributed by atoms with van der Waals surface area (Å²) in [4.78, 5) is 14.8. The predicted octanol–water partition coefficient (Wildman–Crippen LogP) is 5.15. The quantitative estimate of drug-likeness (QED) is 0.318. The first-order chi connectivity index (χ1) is 18.4. The van der Waals surface area contributed by atoms with Gasteiger partial charge in [0.1, 0.15) is 10.6 Å². The predicted molar refractivity (Wildman–Crippen MR) is 147 cm³/mol. The largest absolute Gasteiger partial charge is 0.495 e. The minimum Gasteiger partial charge on any atom is -0.495 e. The Morgan fingerprint density at radius 2 is 1.71 bits per heavy atom. The number of carbonyl (C=O) groups excluding carboxylic acids is 1. The molecule has 190 valence electrons. The van der Waals surface area contributed by atoms with Crippen LogP contribution in [0.5, 0.6) is 5.75 Å². The van der Waals surface area contributed by atoms with E-state index in [0.717, 1.165) is 22.4 Å². The number of benzene rings is 4. The van der Waals surface area contributed by atoms with E-state index in [1.54, 1.807) is 48.5 Å². The highest BCUT2D eigenvalue weighted by atomic mass is 32.2. The maximum absolute atomic E-state index is 13.4. The lowest BCUT2D eigenvalue weighted by Gasteiger charge is -2.15. The van der Waals surface area contributed by atoms with Gasteiger partial charge in [0.25, 0.3) is 15.9 Å². The van der Waals surface area contributed by atoms with Crippen LogP contribution in [0, 0.1) is 0 Å². The molecule has 0 spiro atoms. The molecule has 2 heterocycles. The summed E-state index contributed by atoms with van der Waals surface area (Å²) in [6.45, 7) is 0.608. The fraction of sp³-hybridized carbons (Fsp3) is 0.103. The van der Waals surface area contributed by atoms with Crippen LogP contribution in [-0.2, 0) is 16.6 Å². The average Bonchev–Trinajstić information content (AvgIpc) is 3.49. The van der Waals surface area contributed by atoms with Crippen molar-refractivity contribution in [2.75, 3.05) is 23.8 Å². The number of rotatable bonds is 7. The number of hydrogen-bond acceptors (Lipinski definition) is 5. The fourth-order valence-corrected chi connectivity index (χ4v) is 6.12.